The molecule has 1 aliphatic rings. The van der Waals surface area contributed by atoms with E-state index < -0.39 is 11.6 Å². The normalized spacial score (nSPS) is 17.8. The maximum absolute atomic E-state index is 13.9. The molecule has 3 rings (SSSR count). The van der Waals surface area contributed by atoms with Crippen molar-refractivity contribution >= 4 is 17.3 Å². The van der Waals surface area contributed by atoms with Crippen LogP contribution in [0.3, 0.4) is 0 Å². The lowest BCUT2D eigenvalue weighted by Crippen LogP contribution is -2.43. The molecule has 148 valence electrons. The van der Waals surface area contributed by atoms with Crippen molar-refractivity contribution in [1.29, 1.82) is 5.26 Å². The number of nitriles is 1. The van der Waals surface area contributed by atoms with Gasteiger partial charge in [0, 0.05) is 32.6 Å². The third-order valence-electron chi connectivity index (χ3n) is 4.09. The number of nitrogens with zero attached hydrogens (tertiary/aromatic N) is 6. The van der Waals surface area contributed by atoms with E-state index in [4.69, 9.17) is 10.00 Å². The number of hydrogen-bond donors (Lipinski definition) is 2. The van der Waals surface area contributed by atoms with E-state index in [2.05, 4.69) is 35.7 Å². The molecular formula is C17H20F2N8O. The smallest absolute Gasteiger partial charge is 0.290 e. The highest BCUT2D eigenvalue weighted by molar-refractivity contribution is 5.60. The van der Waals surface area contributed by atoms with E-state index in [9.17, 15) is 8.78 Å². The number of likely N-dealkylation sites (N-methyl/N-ethyl adjacent to an activating group) is 1. The van der Waals surface area contributed by atoms with E-state index in [1.165, 1.54) is 18.5 Å². The lowest BCUT2D eigenvalue weighted by Gasteiger charge is -2.30. The largest absolute Gasteiger partial charge is 0.381 e. The molecule has 2 N–H and O–H groups in total. The molecule has 0 unspecified atom stereocenters. The number of halogens is 2. The SMILES string of the molecule is CN1CCO[C@H](CNc2cc(Nc3cnc(C#N)cn3)nnc2C(C)(F)F)C1. The lowest BCUT2D eigenvalue weighted by atomic mass is 10.2. The quantitative estimate of drug-likeness (QED) is 0.761. The van der Waals surface area contributed by atoms with Crippen LogP contribution < -0.4 is 10.6 Å². The Bertz CT molecular complexity index is 850. The van der Waals surface area contributed by atoms with Gasteiger partial charge in [0.1, 0.15) is 11.9 Å². The summed E-state index contributed by atoms with van der Waals surface area (Å²) in [6.07, 6.45) is 2.52. The van der Waals surface area contributed by atoms with Gasteiger partial charge >= 0.3 is 0 Å². The minimum absolute atomic E-state index is 0.119. The highest BCUT2D eigenvalue weighted by Gasteiger charge is 2.31. The fourth-order valence-electron chi connectivity index (χ4n) is 2.71. The van der Waals surface area contributed by atoms with Crippen LogP contribution in [-0.2, 0) is 10.7 Å². The number of alkyl halides is 2. The molecule has 0 aliphatic carbocycles. The third kappa shape index (κ3) is 5.05. The van der Waals surface area contributed by atoms with Gasteiger partial charge in [-0.2, -0.15) is 14.0 Å². The second-order valence-corrected chi connectivity index (χ2v) is 6.54. The van der Waals surface area contributed by atoms with Gasteiger partial charge in [0.2, 0.25) is 0 Å². The van der Waals surface area contributed by atoms with Crippen molar-refractivity contribution in [2.45, 2.75) is 19.0 Å². The number of rotatable bonds is 6. The van der Waals surface area contributed by atoms with Gasteiger partial charge in [-0.15, -0.1) is 10.2 Å². The van der Waals surface area contributed by atoms with Crippen LogP contribution in [0.15, 0.2) is 18.5 Å². The number of anilines is 3. The van der Waals surface area contributed by atoms with Crippen molar-refractivity contribution in [3.8, 4) is 6.07 Å². The molecule has 28 heavy (non-hydrogen) atoms. The zero-order valence-electron chi connectivity index (χ0n) is 15.5. The zero-order chi connectivity index (χ0) is 20.1. The monoisotopic (exact) mass is 390 g/mol. The summed E-state index contributed by atoms with van der Waals surface area (Å²) in [7, 11) is 1.98. The minimum Gasteiger partial charge on any atom is -0.381 e. The number of hydrogen-bond acceptors (Lipinski definition) is 9. The van der Waals surface area contributed by atoms with Crippen molar-refractivity contribution in [2.75, 3.05) is 43.9 Å². The summed E-state index contributed by atoms with van der Waals surface area (Å²) in [5.41, 5.74) is -0.131. The van der Waals surface area contributed by atoms with Crippen LogP contribution in [0.2, 0.25) is 0 Å². The Balaban J connectivity index is 1.77. The maximum Gasteiger partial charge on any atom is 0.290 e. The molecule has 3 heterocycles. The van der Waals surface area contributed by atoms with E-state index >= 15 is 0 Å². The van der Waals surface area contributed by atoms with E-state index in [-0.39, 0.29) is 23.3 Å². The maximum atomic E-state index is 13.9. The van der Waals surface area contributed by atoms with Crippen LogP contribution in [-0.4, -0.2) is 64.5 Å². The van der Waals surface area contributed by atoms with Crippen LogP contribution in [0.1, 0.15) is 18.3 Å². The van der Waals surface area contributed by atoms with Crippen LogP contribution in [0.5, 0.6) is 0 Å². The van der Waals surface area contributed by atoms with Crippen LogP contribution >= 0.6 is 0 Å². The first-order valence-corrected chi connectivity index (χ1v) is 8.64. The zero-order valence-corrected chi connectivity index (χ0v) is 15.5. The predicted molar refractivity (Wildman–Crippen MR) is 97.4 cm³/mol. The summed E-state index contributed by atoms with van der Waals surface area (Å²) in [6, 6.07) is 3.30. The topological polar surface area (TPSA) is 112 Å². The Morgan fingerprint density at radius 2 is 2.14 bits per heavy atom. The van der Waals surface area contributed by atoms with E-state index in [0.29, 0.717) is 25.5 Å². The molecule has 0 radical (unpaired) electrons. The van der Waals surface area contributed by atoms with Crippen LogP contribution in [0, 0.1) is 11.3 Å². The first kappa shape index (κ1) is 19.8. The number of aromatic nitrogens is 4. The Labute approximate surface area is 160 Å². The summed E-state index contributed by atoms with van der Waals surface area (Å²) in [5, 5.41) is 22.1. The average Bonchev–Trinajstić information content (AvgIpc) is 2.66. The molecule has 1 atom stereocenters. The number of morpholine rings is 1. The second-order valence-electron chi connectivity index (χ2n) is 6.54. The van der Waals surface area contributed by atoms with Gasteiger partial charge < -0.3 is 20.3 Å². The first-order valence-electron chi connectivity index (χ1n) is 8.64. The second kappa shape index (κ2) is 8.37. The van der Waals surface area contributed by atoms with Gasteiger partial charge in [-0.05, 0) is 7.05 Å². The Hall–Kier alpha value is -2.97. The third-order valence-corrected chi connectivity index (χ3v) is 4.09. The summed E-state index contributed by atoms with van der Waals surface area (Å²) in [4.78, 5) is 10.0. The molecule has 11 heteroatoms. The molecule has 1 saturated heterocycles. The molecule has 0 spiro atoms. The van der Waals surface area contributed by atoms with Crippen LogP contribution in [0.4, 0.5) is 26.1 Å². The van der Waals surface area contributed by atoms with E-state index in [1.54, 1.807) is 0 Å². The van der Waals surface area contributed by atoms with Gasteiger partial charge in [-0.1, -0.05) is 0 Å². The van der Waals surface area contributed by atoms with Gasteiger partial charge in [0.15, 0.2) is 17.2 Å². The molecule has 1 fully saturated rings. The molecular weight excluding hydrogens is 370 g/mol. The van der Waals surface area contributed by atoms with Crippen molar-refractivity contribution < 1.29 is 13.5 Å². The highest BCUT2D eigenvalue weighted by atomic mass is 19.3. The van der Waals surface area contributed by atoms with Gasteiger partial charge in [0.05, 0.1) is 30.8 Å². The standard InChI is InChI=1S/C17H20F2N8O/c1-17(18,19)16-13(22-8-12-10-27(2)3-4-28-12)5-14(25-26-16)24-15-9-21-11(6-20)7-23-15/h5,7,9,12H,3-4,8,10H2,1-2H3,(H2,22,23,24,25)/t12-/m1/s1. The minimum atomic E-state index is -3.16. The molecule has 0 saturated carbocycles. The number of nitrogens with one attached hydrogen (secondary N) is 2. The molecule has 0 bridgehead atoms. The van der Waals surface area contributed by atoms with Crippen molar-refractivity contribution in [2.24, 2.45) is 0 Å². The average molecular weight is 390 g/mol. The van der Waals surface area contributed by atoms with E-state index in [1.807, 2.05) is 13.1 Å². The Kier molecular flexibility index (Phi) is 5.91. The molecule has 2 aromatic rings. The van der Waals surface area contributed by atoms with Crippen molar-refractivity contribution in [3.63, 3.8) is 0 Å². The van der Waals surface area contributed by atoms with Gasteiger partial charge in [-0.25, -0.2) is 9.97 Å². The Morgan fingerprint density at radius 3 is 2.79 bits per heavy atom. The predicted octanol–water partition coefficient (Wildman–Crippen LogP) is 1.74. The van der Waals surface area contributed by atoms with Crippen molar-refractivity contribution in [3.05, 3.63) is 29.8 Å². The van der Waals surface area contributed by atoms with Gasteiger partial charge in [0.25, 0.3) is 5.92 Å². The lowest BCUT2D eigenvalue weighted by molar-refractivity contribution is -0.0120. The molecule has 0 aromatic carbocycles. The summed E-state index contributed by atoms with van der Waals surface area (Å²) >= 11 is 0. The highest BCUT2D eigenvalue weighted by Crippen LogP contribution is 2.32. The van der Waals surface area contributed by atoms with Gasteiger partial charge in [-0.3, -0.25) is 0 Å². The molecule has 2 aromatic heterocycles. The Morgan fingerprint density at radius 1 is 1.32 bits per heavy atom. The summed E-state index contributed by atoms with van der Waals surface area (Å²) in [5.74, 6) is -2.63. The molecule has 9 nitrogen and oxygen atoms in total. The fourth-order valence-corrected chi connectivity index (χ4v) is 2.71. The fraction of sp³-hybridized carbons (Fsp3) is 0.471. The molecule has 0 amide bonds. The van der Waals surface area contributed by atoms with Crippen molar-refractivity contribution in [1.82, 2.24) is 25.1 Å². The summed E-state index contributed by atoms with van der Waals surface area (Å²) in [6.45, 7) is 3.26. The molecule has 1 aliphatic heterocycles. The van der Waals surface area contributed by atoms with E-state index in [0.717, 1.165) is 13.5 Å². The summed E-state index contributed by atoms with van der Waals surface area (Å²) < 4.78 is 33.5. The first-order chi connectivity index (χ1) is 13.3. The number of ether oxygens (including phenoxy) is 1. The van der Waals surface area contributed by atoms with Crippen LogP contribution in [0.25, 0.3) is 0 Å².